The van der Waals surface area contributed by atoms with E-state index >= 15 is 0 Å². The molecule has 0 bridgehead atoms. The molecule has 3 fully saturated rings. The Morgan fingerprint density at radius 2 is 1.77 bits per heavy atom. The maximum atomic E-state index is 13.1. The Kier molecular flexibility index (Phi) is 4.96. The summed E-state index contributed by atoms with van der Waals surface area (Å²) < 4.78 is 13.1. The van der Waals surface area contributed by atoms with E-state index in [0.717, 1.165) is 49.5 Å². The lowest BCUT2D eigenvalue weighted by Gasteiger charge is -2.57. The first-order valence-corrected chi connectivity index (χ1v) is 11.6. The van der Waals surface area contributed by atoms with Gasteiger partial charge in [-0.1, -0.05) is 37.6 Å². The Hall–Kier alpha value is -1.81. The number of aliphatic hydroxyl groups excluding tert-OH is 1. The van der Waals surface area contributed by atoms with E-state index in [1.165, 1.54) is 42.7 Å². The highest BCUT2D eigenvalue weighted by molar-refractivity contribution is 5.93. The van der Waals surface area contributed by atoms with Crippen LogP contribution in [-0.2, 0) is 0 Å². The van der Waals surface area contributed by atoms with Crippen LogP contribution in [0.25, 0.3) is 0 Å². The Labute approximate surface area is 179 Å². The highest BCUT2D eigenvalue weighted by atomic mass is 19.1. The van der Waals surface area contributed by atoms with Gasteiger partial charge in [0, 0.05) is 11.1 Å². The number of hydrogen-bond donors (Lipinski definition) is 1. The van der Waals surface area contributed by atoms with Crippen LogP contribution in [0.1, 0.15) is 70.8 Å². The normalized spacial score (nSPS) is 42.0. The molecule has 0 spiro atoms. The Balaban J connectivity index is 1.37. The number of halogens is 1. The smallest absolute Gasteiger partial charge is 0.123 e. The third kappa shape index (κ3) is 3.19. The minimum atomic E-state index is -0.229. The van der Waals surface area contributed by atoms with Crippen molar-refractivity contribution in [2.75, 3.05) is 0 Å². The summed E-state index contributed by atoms with van der Waals surface area (Å²) in [5.74, 6) is 1.91. The van der Waals surface area contributed by atoms with Gasteiger partial charge in [0.2, 0.25) is 0 Å². The molecule has 0 aromatic heterocycles. The van der Waals surface area contributed by atoms with Gasteiger partial charge in [-0.05, 0) is 92.2 Å². The molecule has 0 amide bonds. The van der Waals surface area contributed by atoms with Gasteiger partial charge in [-0.15, -0.1) is 0 Å². The SMILES string of the molecule is C[C@]12CC[C@H](O)CC1=CC[C@@H]1[C@H]3CC/C(=N/N=C\c4ccc(F)cc4)[C@@]3(C)CC[C@@H]12. The molecule has 30 heavy (non-hydrogen) atoms. The van der Waals surface area contributed by atoms with Crippen molar-refractivity contribution in [2.24, 2.45) is 38.8 Å². The average molecular weight is 409 g/mol. The molecule has 3 nitrogen and oxygen atoms in total. The van der Waals surface area contributed by atoms with E-state index in [0.29, 0.717) is 5.92 Å². The molecular formula is C26H33FN2O. The summed E-state index contributed by atoms with van der Waals surface area (Å²) >= 11 is 0. The molecule has 4 aliphatic carbocycles. The summed E-state index contributed by atoms with van der Waals surface area (Å²) in [5, 5.41) is 19.2. The van der Waals surface area contributed by atoms with Gasteiger partial charge < -0.3 is 5.11 Å². The molecule has 0 aliphatic heterocycles. The van der Waals surface area contributed by atoms with Gasteiger partial charge in [0.1, 0.15) is 5.82 Å². The molecule has 4 aliphatic rings. The molecule has 1 aromatic carbocycles. The van der Waals surface area contributed by atoms with Crippen LogP contribution in [0.4, 0.5) is 4.39 Å². The van der Waals surface area contributed by atoms with E-state index in [4.69, 9.17) is 0 Å². The van der Waals surface area contributed by atoms with Crippen LogP contribution < -0.4 is 0 Å². The summed E-state index contributed by atoms with van der Waals surface area (Å²) in [6.45, 7) is 4.89. The molecule has 6 atom stereocenters. The lowest BCUT2D eigenvalue weighted by Crippen LogP contribution is -2.50. The first kappa shape index (κ1) is 20.1. The van der Waals surface area contributed by atoms with Crippen LogP contribution in [0, 0.1) is 34.4 Å². The summed E-state index contributed by atoms with van der Waals surface area (Å²) in [6.07, 6.45) is 12.9. The second kappa shape index (κ2) is 7.40. The molecule has 0 unspecified atom stereocenters. The summed E-state index contributed by atoms with van der Waals surface area (Å²) in [6, 6.07) is 6.38. The molecule has 160 valence electrons. The first-order chi connectivity index (χ1) is 14.4. The molecule has 1 N–H and O–H groups in total. The van der Waals surface area contributed by atoms with Crippen LogP contribution in [0.2, 0.25) is 0 Å². The molecule has 3 saturated carbocycles. The van der Waals surface area contributed by atoms with Crippen LogP contribution >= 0.6 is 0 Å². The van der Waals surface area contributed by atoms with Gasteiger partial charge in [0.05, 0.1) is 12.3 Å². The molecule has 0 heterocycles. The molecule has 1 aromatic rings. The van der Waals surface area contributed by atoms with Crippen molar-refractivity contribution < 1.29 is 9.50 Å². The topological polar surface area (TPSA) is 45.0 Å². The lowest BCUT2D eigenvalue weighted by atomic mass is 9.48. The fraction of sp³-hybridized carbons (Fsp3) is 0.615. The van der Waals surface area contributed by atoms with E-state index in [1.54, 1.807) is 18.3 Å². The average Bonchev–Trinajstić information content (AvgIpc) is 3.06. The third-order valence-electron chi connectivity index (χ3n) is 9.07. The molecule has 0 saturated heterocycles. The molecular weight excluding hydrogens is 375 g/mol. The van der Waals surface area contributed by atoms with Crippen molar-refractivity contribution in [3.63, 3.8) is 0 Å². The van der Waals surface area contributed by atoms with Crippen LogP contribution in [0.5, 0.6) is 0 Å². The zero-order chi connectivity index (χ0) is 20.9. The minimum Gasteiger partial charge on any atom is -0.393 e. The largest absolute Gasteiger partial charge is 0.393 e. The predicted octanol–water partition coefficient (Wildman–Crippen LogP) is 5.92. The van der Waals surface area contributed by atoms with Gasteiger partial charge in [0.25, 0.3) is 0 Å². The summed E-state index contributed by atoms with van der Waals surface area (Å²) in [5.41, 5.74) is 4.09. The number of benzene rings is 1. The monoisotopic (exact) mass is 408 g/mol. The predicted molar refractivity (Wildman–Crippen MR) is 119 cm³/mol. The van der Waals surface area contributed by atoms with Crippen molar-refractivity contribution in [3.05, 3.63) is 47.3 Å². The maximum Gasteiger partial charge on any atom is 0.123 e. The van der Waals surface area contributed by atoms with Gasteiger partial charge in [0.15, 0.2) is 0 Å². The number of fused-ring (bicyclic) bond motifs is 5. The van der Waals surface area contributed by atoms with Crippen LogP contribution in [0.3, 0.4) is 0 Å². The number of aliphatic hydroxyl groups is 1. The van der Waals surface area contributed by atoms with Crippen molar-refractivity contribution in [2.45, 2.75) is 71.3 Å². The fourth-order valence-corrected chi connectivity index (χ4v) is 7.31. The Morgan fingerprint density at radius 3 is 2.57 bits per heavy atom. The Morgan fingerprint density at radius 1 is 1.03 bits per heavy atom. The molecule has 0 radical (unpaired) electrons. The maximum absolute atomic E-state index is 13.1. The fourth-order valence-electron chi connectivity index (χ4n) is 7.31. The van der Waals surface area contributed by atoms with E-state index in [-0.39, 0.29) is 22.8 Å². The van der Waals surface area contributed by atoms with Crippen molar-refractivity contribution in [1.82, 2.24) is 0 Å². The highest BCUT2D eigenvalue weighted by Gasteiger charge is 2.57. The highest BCUT2D eigenvalue weighted by Crippen LogP contribution is 2.64. The van der Waals surface area contributed by atoms with Gasteiger partial charge in [-0.3, -0.25) is 0 Å². The number of hydrogen-bond acceptors (Lipinski definition) is 3. The zero-order valence-electron chi connectivity index (χ0n) is 18.1. The van der Waals surface area contributed by atoms with E-state index in [1.807, 2.05) is 0 Å². The van der Waals surface area contributed by atoms with Gasteiger partial charge in [-0.25, -0.2) is 4.39 Å². The van der Waals surface area contributed by atoms with E-state index < -0.39 is 0 Å². The van der Waals surface area contributed by atoms with Gasteiger partial charge >= 0.3 is 0 Å². The third-order valence-corrected chi connectivity index (χ3v) is 9.07. The quantitative estimate of drug-likeness (QED) is 0.368. The van der Waals surface area contributed by atoms with E-state index in [2.05, 4.69) is 30.1 Å². The van der Waals surface area contributed by atoms with Crippen LogP contribution in [-0.4, -0.2) is 23.1 Å². The Bertz CT molecular complexity index is 904. The van der Waals surface area contributed by atoms with Crippen molar-refractivity contribution in [1.29, 1.82) is 0 Å². The second-order valence-electron chi connectivity index (χ2n) is 10.5. The van der Waals surface area contributed by atoms with Crippen LogP contribution in [0.15, 0.2) is 46.1 Å². The standard InChI is InChI=1S/C26H33FN2O/c1-25-13-11-20(30)15-18(25)5-8-21-22-9-10-24(26(22,2)14-12-23(21)25)29-28-16-17-3-6-19(27)7-4-17/h3-7,16,20-23,30H,8-15H2,1-2H3/b28-16-,29-24-/t20-,21+,22+,23-,25-,26-/m0/s1. The number of nitrogens with zero attached hydrogens (tertiary/aromatic N) is 2. The van der Waals surface area contributed by atoms with Crippen molar-refractivity contribution >= 4 is 11.9 Å². The summed E-state index contributed by atoms with van der Waals surface area (Å²) in [7, 11) is 0. The second-order valence-corrected chi connectivity index (χ2v) is 10.5. The lowest BCUT2D eigenvalue weighted by molar-refractivity contribution is -0.0209. The number of rotatable bonds is 2. The minimum absolute atomic E-state index is 0.140. The van der Waals surface area contributed by atoms with E-state index in [9.17, 15) is 9.50 Å². The van der Waals surface area contributed by atoms with Gasteiger partial charge in [-0.2, -0.15) is 10.2 Å². The first-order valence-electron chi connectivity index (χ1n) is 11.6. The summed E-state index contributed by atoms with van der Waals surface area (Å²) in [4.78, 5) is 0. The zero-order valence-corrected chi connectivity index (χ0v) is 18.1. The molecule has 4 heteroatoms. The number of allylic oxidation sites excluding steroid dienone is 1. The molecule has 5 rings (SSSR count). The van der Waals surface area contributed by atoms with Crippen molar-refractivity contribution in [3.8, 4) is 0 Å².